The summed E-state index contributed by atoms with van der Waals surface area (Å²) in [4.78, 5) is 11.7. The van der Waals surface area contributed by atoms with Crippen LogP contribution in [0, 0.1) is 0 Å². The van der Waals surface area contributed by atoms with Gasteiger partial charge in [0.05, 0.1) is 20.8 Å². The summed E-state index contributed by atoms with van der Waals surface area (Å²) in [6, 6.07) is 11.6. The van der Waals surface area contributed by atoms with Crippen molar-refractivity contribution in [1.29, 1.82) is 0 Å². The minimum atomic E-state index is -0.661. The van der Waals surface area contributed by atoms with Crippen LogP contribution in [0.5, 0.6) is 5.75 Å². The zero-order valence-electron chi connectivity index (χ0n) is 9.49. The summed E-state index contributed by atoms with van der Waals surface area (Å²) in [5, 5.41) is 3.37. The third-order valence-electron chi connectivity index (χ3n) is 2.20. The lowest BCUT2D eigenvalue weighted by Gasteiger charge is -2.09. The Morgan fingerprint density at radius 1 is 0.947 bits per heavy atom. The van der Waals surface area contributed by atoms with Gasteiger partial charge in [-0.2, -0.15) is 0 Å². The fourth-order valence-corrected chi connectivity index (χ4v) is 1.94. The van der Waals surface area contributed by atoms with E-state index < -0.39 is 6.09 Å². The second-order valence-corrected chi connectivity index (χ2v) is 4.80. The van der Waals surface area contributed by atoms with Crippen LogP contribution in [-0.2, 0) is 0 Å². The maximum Gasteiger partial charge on any atom is 0.417 e. The Kier molecular flexibility index (Phi) is 4.53. The van der Waals surface area contributed by atoms with Crippen molar-refractivity contribution in [3.05, 3.63) is 57.5 Å². The highest BCUT2D eigenvalue weighted by molar-refractivity contribution is 6.44. The maximum absolute atomic E-state index is 11.7. The van der Waals surface area contributed by atoms with Crippen molar-refractivity contribution in [1.82, 2.24) is 0 Å². The standard InChI is InChI=1S/C13H8Cl3NO2/c14-9-6-11(16)12(7-10(9)15)17-13(18)19-8-4-2-1-3-5-8/h1-7H,(H,17,18). The van der Waals surface area contributed by atoms with Crippen LogP contribution in [0.15, 0.2) is 42.5 Å². The predicted octanol–water partition coefficient (Wildman–Crippen LogP) is 5.26. The number of anilines is 1. The molecule has 0 atom stereocenters. The molecule has 6 heteroatoms. The Morgan fingerprint density at radius 3 is 2.26 bits per heavy atom. The molecule has 0 saturated heterocycles. The highest BCUT2D eigenvalue weighted by atomic mass is 35.5. The molecule has 0 aromatic heterocycles. The fourth-order valence-electron chi connectivity index (χ4n) is 1.35. The van der Waals surface area contributed by atoms with Crippen molar-refractivity contribution in [2.24, 2.45) is 0 Å². The molecule has 0 spiro atoms. The fraction of sp³-hybridized carbons (Fsp3) is 0. The summed E-state index contributed by atoms with van der Waals surface area (Å²) in [7, 11) is 0. The molecule has 0 heterocycles. The van der Waals surface area contributed by atoms with E-state index in [9.17, 15) is 4.79 Å². The van der Waals surface area contributed by atoms with Crippen LogP contribution in [0.25, 0.3) is 0 Å². The van der Waals surface area contributed by atoms with Gasteiger partial charge in [-0.25, -0.2) is 4.79 Å². The monoisotopic (exact) mass is 315 g/mol. The molecule has 0 unspecified atom stereocenters. The van der Waals surface area contributed by atoms with Crippen LogP contribution >= 0.6 is 34.8 Å². The van der Waals surface area contributed by atoms with Gasteiger partial charge in [0, 0.05) is 0 Å². The molecule has 19 heavy (non-hydrogen) atoms. The van der Waals surface area contributed by atoms with E-state index in [2.05, 4.69) is 5.32 Å². The van der Waals surface area contributed by atoms with Gasteiger partial charge in [-0.3, -0.25) is 5.32 Å². The first-order valence-corrected chi connectivity index (χ1v) is 6.38. The minimum absolute atomic E-state index is 0.277. The summed E-state index contributed by atoms with van der Waals surface area (Å²) >= 11 is 17.6. The second-order valence-electron chi connectivity index (χ2n) is 3.57. The number of rotatable bonds is 2. The molecule has 0 bridgehead atoms. The van der Waals surface area contributed by atoms with Crippen LogP contribution in [0.2, 0.25) is 15.1 Å². The van der Waals surface area contributed by atoms with E-state index in [1.807, 2.05) is 6.07 Å². The van der Waals surface area contributed by atoms with Gasteiger partial charge in [-0.15, -0.1) is 0 Å². The molecule has 0 aliphatic carbocycles. The SMILES string of the molecule is O=C(Nc1cc(Cl)c(Cl)cc1Cl)Oc1ccccc1. The minimum Gasteiger partial charge on any atom is -0.410 e. The van der Waals surface area contributed by atoms with Gasteiger partial charge in [-0.1, -0.05) is 53.0 Å². The highest BCUT2D eigenvalue weighted by Gasteiger charge is 2.10. The van der Waals surface area contributed by atoms with Crippen LogP contribution in [0.1, 0.15) is 0 Å². The van der Waals surface area contributed by atoms with Crippen molar-refractivity contribution in [3.8, 4) is 5.75 Å². The number of carbonyl (C=O) groups is 1. The summed E-state index contributed by atoms with van der Waals surface area (Å²) in [5.74, 6) is 0.427. The van der Waals surface area contributed by atoms with E-state index in [1.54, 1.807) is 24.3 Å². The lowest BCUT2D eigenvalue weighted by atomic mass is 10.3. The smallest absolute Gasteiger partial charge is 0.410 e. The third-order valence-corrected chi connectivity index (χ3v) is 3.24. The van der Waals surface area contributed by atoms with Crippen LogP contribution in [0.3, 0.4) is 0 Å². The predicted molar refractivity (Wildman–Crippen MR) is 77.6 cm³/mol. The van der Waals surface area contributed by atoms with E-state index in [0.717, 1.165) is 0 Å². The number of hydrogen-bond acceptors (Lipinski definition) is 2. The van der Waals surface area contributed by atoms with Gasteiger partial charge in [0.25, 0.3) is 0 Å². The molecule has 2 aromatic rings. The molecule has 0 aliphatic heterocycles. The highest BCUT2D eigenvalue weighted by Crippen LogP contribution is 2.32. The topological polar surface area (TPSA) is 38.3 Å². The van der Waals surface area contributed by atoms with Crippen molar-refractivity contribution in [2.45, 2.75) is 0 Å². The first-order chi connectivity index (χ1) is 9.06. The number of hydrogen-bond donors (Lipinski definition) is 1. The van der Waals surface area contributed by atoms with Gasteiger partial charge in [-0.05, 0) is 24.3 Å². The van der Waals surface area contributed by atoms with Gasteiger partial charge in [0.2, 0.25) is 0 Å². The zero-order chi connectivity index (χ0) is 13.8. The van der Waals surface area contributed by atoms with Gasteiger partial charge in [0.1, 0.15) is 5.75 Å². The van der Waals surface area contributed by atoms with Gasteiger partial charge < -0.3 is 4.74 Å². The molecule has 2 rings (SSSR count). The van der Waals surface area contributed by atoms with Crippen molar-refractivity contribution in [2.75, 3.05) is 5.32 Å². The quantitative estimate of drug-likeness (QED) is 0.768. The molecule has 98 valence electrons. The van der Waals surface area contributed by atoms with Gasteiger partial charge in [0.15, 0.2) is 0 Å². The average molecular weight is 317 g/mol. The number of carbonyl (C=O) groups excluding carboxylic acids is 1. The number of para-hydroxylation sites is 1. The summed E-state index contributed by atoms with van der Waals surface area (Å²) in [6.45, 7) is 0. The summed E-state index contributed by atoms with van der Waals surface area (Å²) in [6.07, 6.45) is -0.661. The number of halogens is 3. The van der Waals surface area contributed by atoms with E-state index in [0.29, 0.717) is 21.5 Å². The largest absolute Gasteiger partial charge is 0.417 e. The molecule has 0 fully saturated rings. The Morgan fingerprint density at radius 2 is 1.58 bits per heavy atom. The molecule has 3 nitrogen and oxygen atoms in total. The molecule has 1 N–H and O–H groups in total. The Bertz CT molecular complexity index is 602. The Balaban J connectivity index is 2.09. The van der Waals surface area contributed by atoms with Crippen molar-refractivity contribution >= 4 is 46.6 Å². The first kappa shape index (κ1) is 14.0. The normalized spacial score (nSPS) is 10.1. The van der Waals surface area contributed by atoms with Crippen molar-refractivity contribution in [3.63, 3.8) is 0 Å². The molecule has 1 amide bonds. The first-order valence-electron chi connectivity index (χ1n) is 5.24. The molecule has 0 radical (unpaired) electrons. The lowest BCUT2D eigenvalue weighted by molar-refractivity contribution is 0.215. The lowest BCUT2D eigenvalue weighted by Crippen LogP contribution is -2.16. The zero-order valence-corrected chi connectivity index (χ0v) is 11.8. The molecule has 0 aliphatic rings. The molecule has 0 saturated carbocycles. The number of amides is 1. The summed E-state index contributed by atoms with van der Waals surface area (Å²) in [5.41, 5.74) is 0.331. The van der Waals surface area contributed by atoms with Crippen molar-refractivity contribution < 1.29 is 9.53 Å². The number of benzene rings is 2. The molecular weight excluding hydrogens is 309 g/mol. The molecular formula is C13H8Cl3NO2. The number of ether oxygens (including phenoxy) is 1. The van der Waals surface area contributed by atoms with Gasteiger partial charge >= 0.3 is 6.09 Å². The van der Waals surface area contributed by atoms with Crippen LogP contribution < -0.4 is 10.1 Å². The summed E-state index contributed by atoms with van der Waals surface area (Å²) < 4.78 is 5.06. The second kappa shape index (κ2) is 6.15. The number of nitrogens with one attached hydrogen (secondary N) is 1. The Labute approximate surface area is 125 Å². The maximum atomic E-state index is 11.7. The van der Waals surface area contributed by atoms with E-state index in [-0.39, 0.29) is 5.02 Å². The van der Waals surface area contributed by atoms with Crippen LogP contribution in [0.4, 0.5) is 10.5 Å². The third kappa shape index (κ3) is 3.77. The van der Waals surface area contributed by atoms with E-state index in [4.69, 9.17) is 39.5 Å². The Hall–Kier alpha value is -1.42. The average Bonchev–Trinajstić information content (AvgIpc) is 2.37. The molecule has 2 aromatic carbocycles. The van der Waals surface area contributed by atoms with Crippen LogP contribution in [-0.4, -0.2) is 6.09 Å². The van der Waals surface area contributed by atoms with E-state index in [1.165, 1.54) is 12.1 Å². The van der Waals surface area contributed by atoms with E-state index >= 15 is 0 Å².